The molecule has 3 fully saturated rings. The molecule has 3 heterocycles. The Morgan fingerprint density at radius 2 is 1.74 bits per heavy atom. The standard InChI is InChI=1S/C36H49N5O8S/c1-4-25-18-36(25,34(45)39-50(47,48)27-15-16-27)38-32(43)29-17-26-20-41(29)33(44)31(22(2)3)37-30(42)14-9-7-5-6-8-11-23-12-10-13-24-19-40(21-28(23)24)35(46)49-26/h4,10,12-13,22,25-27,29,31H,1,5-9,11,14-21H2,2-3H3,(H,37,42)(H,38,43)(H,39,45)/t25-,26-,29+,31+,36-/m1/s1. The molecule has 1 saturated heterocycles. The van der Waals surface area contributed by atoms with E-state index >= 15 is 0 Å². The fourth-order valence-corrected chi connectivity index (χ4v) is 8.90. The van der Waals surface area contributed by atoms with Crippen molar-refractivity contribution in [2.24, 2.45) is 11.8 Å². The van der Waals surface area contributed by atoms with Gasteiger partial charge in [-0.15, -0.1) is 6.58 Å². The Balaban J connectivity index is 1.24. The Kier molecular flexibility index (Phi) is 10.3. The lowest BCUT2D eigenvalue weighted by Crippen LogP contribution is -2.59. The summed E-state index contributed by atoms with van der Waals surface area (Å²) in [5.74, 6) is -3.09. The molecule has 3 aliphatic heterocycles. The zero-order chi connectivity index (χ0) is 35.8. The summed E-state index contributed by atoms with van der Waals surface area (Å²) in [6, 6.07) is 4.05. The predicted octanol–water partition coefficient (Wildman–Crippen LogP) is 2.82. The summed E-state index contributed by atoms with van der Waals surface area (Å²) in [6.45, 7) is 8.09. The zero-order valence-corrected chi connectivity index (χ0v) is 29.8. The third-order valence-electron chi connectivity index (χ3n) is 10.8. The van der Waals surface area contributed by atoms with Crippen molar-refractivity contribution < 1.29 is 37.1 Å². The molecule has 1 aromatic rings. The van der Waals surface area contributed by atoms with Gasteiger partial charge in [0.2, 0.25) is 27.7 Å². The number of carbonyl (C=O) groups excluding carboxylic acids is 5. The van der Waals surface area contributed by atoms with E-state index in [4.69, 9.17) is 4.74 Å². The number of fused-ring (bicyclic) bond motifs is 3. The van der Waals surface area contributed by atoms with Crippen LogP contribution < -0.4 is 15.4 Å². The molecule has 0 unspecified atom stereocenters. The number of hydrogen-bond acceptors (Lipinski definition) is 8. The average molecular weight is 712 g/mol. The third-order valence-corrected chi connectivity index (χ3v) is 12.6. The largest absolute Gasteiger partial charge is 0.444 e. The van der Waals surface area contributed by atoms with Crippen molar-refractivity contribution in [2.45, 2.75) is 127 Å². The number of sulfonamides is 1. The number of ether oxygens (including phenoxy) is 1. The zero-order valence-electron chi connectivity index (χ0n) is 28.9. The van der Waals surface area contributed by atoms with Gasteiger partial charge in [0, 0.05) is 31.8 Å². The van der Waals surface area contributed by atoms with E-state index in [0.717, 1.165) is 43.2 Å². The van der Waals surface area contributed by atoms with Crippen LogP contribution in [0, 0.1) is 11.8 Å². The Morgan fingerprint density at radius 1 is 1.04 bits per heavy atom. The molecule has 50 heavy (non-hydrogen) atoms. The molecule has 6 rings (SSSR count). The smallest absolute Gasteiger partial charge is 0.410 e. The van der Waals surface area contributed by atoms with Crippen molar-refractivity contribution in [3.05, 3.63) is 47.5 Å². The van der Waals surface area contributed by atoms with Gasteiger partial charge in [-0.25, -0.2) is 13.2 Å². The number of rotatable bonds is 7. The number of amides is 5. The molecule has 0 spiro atoms. The van der Waals surface area contributed by atoms with Gasteiger partial charge in [-0.3, -0.25) is 28.8 Å². The fraction of sp³-hybridized carbons (Fsp3) is 0.639. The van der Waals surface area contributed by atoms with E-state index in [9.17, 15) is 32.4 Å². The number of benzene rings is 1. The number of carbonyl (C=O) groups is 5. The number of hydrogen-bond donors (Lipinski definition) is 3. The molecule has 1 aromatic carbocycles. The Morgan fingerprint density at radius 3 is 2.42 bits per heavy atom. The van der Waals surface area contributed by atoms with Crippen LogP contribution in [0.2, 0.25) is 0 Å². The lowest BCUT2D eigenvalue weighted by molar-refractivity contribution is -0.143. The van der Waals surface area contributed by atoms with Gasteiger partial charge in [0.1, 0.15) is 23.7 Å². The summed E-state index contributed by atoms with van der Waals surface area (Å²) in [4.78, 5) is 71.2. The topological polar surface area (TPSA) is 171 Å². The molecule has 5 atom stereocenters. The Labute approximate surface area is 294 Å². The van der Waals surface area contributed by atoms with Crippen molar-refractivity contribution in [2.75, 3.05) is 6.54 Å². The molecular weight excluding hydrogens is 662 g/mol. The minimum absolute atomic E-state index is 0.0368. The predicted molar refractivity (Wildman–Crippen MR) is 184 cm³/mol. The van der Waals surface area contributed by atoms with Crippen molar-refractivity contribution in [3.63, 3.8) is 0 Å². The molecule has 4 bridgehead atoms. The van der Waals surface area contributed by atoms with Crippen molar-refractivity contribution in [1.29, 1.82) is 0 Å². The van der Waals surface area contributed by atoms with Gasteiger partial charge < -0.3 is 20.3 Å². The summed E-state index contributed by atoms with van der Waals surface area (Å²) in [6.07, 6.45) is 6.91. The molecule has 2 saturated carbocycles. The van der Waals surface area contributed by atoms with Crippen LogP contribution in [0.4, 0.5) is 4.79 Å². The first-order valence-electron chi connectivity index (χ1n) is 18.0. The summed E-state index contributed by atoms with van der Waals surface area (Å²) in [5.41, 5.74) is 1.87. The summed E-state index contributed by atoms with van der Waals surface area (Å²) in [5, 5.41) is 5.01. The SMILES string of the molecule is C=C[C@@H]1C[C@]1(NC(=O)[C@@H]1C[C@@H]2CN1C(=O)[C@H](C(C)C)NC(=O)CCCCCCCc1cccc3c1CN(C3)C(=O)O2)C(=O)NS(=O)(=O)C1CC1. The number of nitrogens with zero attached hydrogens (tertiary/aromatic N) is 2. The van der Waals surface area contributed by atoms with Gasteiger partial charge in [0.05, 0.1) is 11.8 Å². The highest BCUT2D eigenvalue weighted by atomic mass is 32.2. The monoisotopic (exact) mass is 711 g/mol. The van der Waals surface area contributed by atoms with E-state index in [1.165, 1.54) is 16.5 Å². The fourth-order valence-electron chi connectivity index (χ4n) is 7.54. The molecule has 2 aliphatic carbocycles. The number of nitrogens with one attached hydrogen (secondary N) is 3. The summed E-state index contributed by atoms with van der Waals surface area (Å²) >= 11 is 0. The molecule has 3 N–H and O–H groups in total. The van der Waals surface area contributed by atoms with Gasteiger partial charge in [0.25, 0.3) is 5.91 Å². The van der Waals surface area contributed by atoms with Gasteiger partial charge in [-0.1, -0.05) is 57.4 Å². The van der Waals surface area contributed by atoms with Crippen LogP contribution >= 0.6 is 0 Å². The highest BCUT2D eigenvalue weighted by Gasteiger charge is 2.62. The van der Waals surface area contributed by atoms with Crippen molar-refractivity contribution in [1.82, 2.24) is 25.2 Å². The van der Waals surface area contributed by atoms with Crippen LogP contribution in [0.5, 0.6) is 0 Å². The second-order valence-electron chi connectivity index (χ2n) is 14.9. The molecular formula is C36H49N5O8S. The summed E-state index contributed by atoms with van der Waals surface area (Å²) < 4.78 is 33.3. The van der Waals surface area contributed by atoms with Crippen molar-refractivity contribution in [3.8, 4) is 0 Å². The van der Waals surface area contributed by atoms with Gasteiger partial charge in [0.15, 0.2) is 0 Å². The van der Waals surface area contributed by atoms with E-state index in [-0.39, 0.29) is 37.6 Å². The first-order chi connectivity index (χ1) is 23.8. The number of aryl methyl sites for hydroxylation is 1. The molecule has 0 radical (unpaired) electrons. The van der Waals surface area contributed by atoms with Crippen LogP contribution in [-0.2, 0) is 53.4 Å². The second-order valence-corrected chi connectivity index (χ2v) is 16.9. The molecule has 13 nitrogen and oxygen atoms in total. The molecule has 14 heteroatoms. The molecule has 5 aliphatic rings. The van der Waals surface area contributed by atoms with Crippen LogP contribution in [0.1, 0.15) is 94.7 Å². The van der Waals surface area contributed by atoms with Crippen molar-refractivity contribution >= 4 is 39.7 Å². The van der Waals surface area contributed by atoms with E-state index in [1.807, 2.05) is 26.0 Å². The van der Waals surface area contributed by atoms with Crippen LogP contribution in [0.3, 0.4) is 0 Å². The maximum absolute atomic E-state index is 14.2. The molecule has 0 aromatic heterocycles. The lowest BCUT2D eigenvalue weighted by Gasteiger charge is -2.31. The Bertz CT molecular complexity index is 1660. The average Bonchev–Trinajstić information content (AvgIpc) is 3.96. The third kappa shape index (κ3) is 7.54. The molecule has 5 amide bonds. The van der Waals surface area contributed by atoms with E-state index in [2.05, 4.69) is 28.0 Å². The van der Waals surface area contributed by atoms with Gasteiger partial charge >= 0.3 is 6.09 Å². The second kappa shape index (κ2) is 14.4. The lowest BCUT2D eigenvalue weighted by atomic mass is 9.98. The van der Waals surface area contributed by atoms with Gasteiger partial charge in [-0.2, -0.15) is 0 Å². The van der Waals surface area contributed by atoms with Gasteiger partial charge in [-0.05, 0) is 61.1 Å². The maximum atomic E-state index is 14.2. The maximum Gasteiger partial charge on any atom is 0.410 e. The van der Waals surface area contributed by atoms with Crippen LogP contribution in [-0.4, -0.2) is 83.5 Å². The normalized spacial score (nSPS) is 29.2. The quantitative estimate of drug-likeness (QED) is 0.363. The Hall–Kier alpha value is -3.94. The molecule has 272 valence electrons. The minimum atomic E-state index is -3.88. The van der Waals surface area contributed by atoms with Crippen LogP contribution in [0.15, 0.2) is 30.9 Å². The minimum Gasteiger partial charge on any atom is -0.444 e. The van der Waals surface area contributed by atoms with E-state index in [1.54, 1.807) is 4.90 Å². The van der Waals surface area contributed by atoms with E-state index in [0.29, 0.717) is 32.4 Å². The first-order valence-corrected chi connectivity index (χ1v) is 19.5. The highest BCUT2D eigenvalue weighted by molar-refractivity contribution is 7.91. The first kappa shape index (κ1) is 35.9. The summed E-state index contributed by atoms with van der Waals surface area (Å²) in [7, 11) is -3.88. The highest BCUT2D eigenvalue weighted by Crippen LogP contribution is 2.45. The van der Waals surface area contributed by atoms with Crippen LogP contribution in [0.25, 0.3) is 0 Å². The van der Waals surface area contributed by atoms with E-state index < -0.39 is 68.7 Å².